The Hall–Kier alpha value is -4.32. The molecule has 0 radical (unpaired) electrons. The van der Waals surface area contributed by atoms with Gasteiger partial charge in [0.05, 0.1) is 5.92 Å². The van der Waals surface area contributed by atoms with Gasteiger partial charge in [-0.05, 0) is 59.7 Å². The smallest absolute Gasteiger partial charge is 0.228 e. The van der Waals surface area contributed by atoms with Crippen LogP contribution in [0.4, 0.5) is 5.69 Å². The zero-order valence-electron chi connectivity index (χ0n) is 23.7. The van der Waals surface area contributed by atoms with Crippen LogP contribution in [0.1, 0.15) is 55.7 Å². The fourth-order valence-corrected chi connectivity index (χ4v) is 7.15. The van der Waals surface area contributed by atoms with Crippen LogP contribution in [0.25, 0.3) is 21.8 Å². The molecule has 4 heterocycles. The average molecular weight is 545 g/mol. The molecule has 0 saturated carbocycles. The predicted octanol–water partition coefficient (Wildman–Crippen LogP) is 6.73. The summed E-state index contributed by atoms with van der Waals surface area (Å²) in [5, 5.41) is 2.47. The number of carbonyl (C=O) groups is 2. The van der Waals surface area contributed by atoms with Crippen LogP contribution in [-0.2, 0) is 15.0 Å². The van der Waals surface area contributed by atoms with Gasteiger partial charge < -0.3 is 19.8 Å². The molecule has 2 saturated heterocycles. The van der Waals surface area contributed by atoms with E-state index in [4.69, 9.17) is 0 Å². The van der Waals surface area contributed by atoms with E-state index < -0.39 is 0 Å². The van der Waals surface area contributed by atoms with Crippen molar-refractivity contribution in [3.63, 3.8) is 0 Å². The molecule has 2 aromatic heterocycles. The lowest BCUT2D eigenvalue weighted by Crippen LogP contribution is -2.47. The molecule has 6 heteroatoms. The summed E-state index contributed by atoms with van der Waals surface area (Å²) in [5.74, 6) is 0.268. The summed E-state index contributed by atoms with van der Waals surface area (Å²) < 4.78 is 0. The summed E-state index contributed by atoms with van der Waals surface area (Å²) in [6.07, 6.45) is 6.26. The molecular weight excluding hydrogens is 508 g/mol. The standard InChI is InChI=1S/C35H36N4O2/c1-23(2)24-11-13-26(14-12-24)39-22-25(19-33(39)40)34(41)38-17-15-35(16-18-38,29-20-36-31-9-5-3-7-27(29)31)30-21-37-32-10-6-4-8-28(30)32/h3-14,20-21,23,25,36-37H,15-19,22H2,1-2H3/t25-/m0/s1. The number of hydrogen-bond donors (Lipinski definition) is 2. The number of para-hydroxylation sites is 2. The molecule has 0 spiro atoms. The van der Waals surface area contributed by atoms with Crippen molar-refractivity contribution in [2.45, 2.75) is 44.4 Å². The molecule has 0 bridgehead atoms. The van der Waals surface area contributed by atoms with Crippen molar-refractivity contribution in [3.8, 4) is 0 Å². The third kappa shape index (κ3) is 4.24. The number of benzene rings is 3. The number of aromatic nitrogens is 2. The number of piperidine rings is 1. The molecule has 41 heavy (non-hydrogen) atoms. The van der Waals surface area contributed by atoms with Crippen molar-refractivity contribution in [2.24, 2.45) is 5.92 Å². The van der Waals surface area contributed by atoms with Gasteiger partial charge in [-0.1, -0.05) is 62.4 Å². The zero-order valence-corrected chi connectivity index (χ0v) is 23.7. The number of nitrogens with zero attached hydrogens (tertiary/aromatic N) is 2. The highest BCUT2D eigenvalue weighted by Crippen LogP contribution is 2.47. The molecule has 2 fully saturated rings. The van der Waals surface area contributed by atoms with Gasteiger partial charge in [0.1, 0.15) is 0 Å². The van der Waals surface area contributed by atoms with Gasteiger partial charge in [-0.2, -0.15) is 0 Å². The van der Waals surface area contributed by atoms with Crippen molar-refractivity contribution in [2.75, 3.05) is 24.5 Å². The van der Waals surface area contributed by atoms with Crippen LogP contribution in [0.5, 0.6) is 0 Å². The first kappa shape index (κ1) is 25.6. The molecule has 0 aliphatic carbocycles. The molecule has 2 aliphatic rings. The minimum atomic E-state index is -0.305. The second kappa shape index (κ2) is 9.95. The van der Waals surface area contributed by atoms with Crippen LogP contribution in [0, 0.1) is 5.92 Å². The molecule has 6 nitrogen and oxygen atoms in total. The van der Waals surface area contributed by atoms with Gasteiger partial charge in [-0.15, -0.1) is 0 Å². The number of fused-ring (bicyclic) bond motifs is 2. The van der Waals surface area contributed by atoms with Gasteiger partial charge in [-0.3, -0.25) is 9.59 Å². The second-order valence-corrected chi connectivity index (χ2v) is 12.1. The highest BCUT2D eigenvalue weighted by atomic mass is 16.2. The summed E-state index contributed by atoms with van der Waals surface area (Å²) in [6.45, 7) is 6.09. The third-order valence-electron chi connectivity index (χ3n) is 9.48. The number of H-pyrrole nitrogens is 2. The minimum Gasteiger partial charge on any atom is -0.361 e. The first-order valence-corrected chi connectivity index (χ1v) is 14.8. The maximum absolute atomic E-state index is 13.8. The van der Waals surface area contributed by atoms with Crippen LogP contribution in [0.3, 0.4) is 0 Å². The molecule has 7 rings (SSSR count). The minimum absolute atomic E-state index is 0.0320. The Labute approximate surface area is 240 Å². The number of aromatic amines is 2. The van der Waals surface area contributed by atoms with E-state index >= 15 is 0 Å². The molecule has 5 aromatic rings. The SMILES string of the molecule is CC(C)c1ccc(N2C[C@@H](C(=O)N3CCC(c4c[nH]c5ccccc45)(c4c[nH]c5ccccc45)CC3)CC2=O)cc1. The molecule has 0 unspecified atom stereocenters. The molecule has 3 aromatic carbocycles. The fraction of sp³-hybridized carbons (Fsp3) is 0.314. The van der Waals surface area contributed by atoms with Crippen molar-refractivity contribution >= 4 is 39.3 Å². The lowest BCUT2D eigenvalue weighted by atomic mass is 9.67. The summed E-state index contributed by atoms with van der Waals surface area (Å²) in [4.78, 5) is 37.6. The van der Waals surface area contributed by atoms with Crippen molar-refractivity contribution in [1.82, 2.24) is 14.9 Å². The van der Waals surface area contributed by atoms with Gasteiger partial charge in [0.25, 0.3) is 0 Å². The van der Waals surface area contributed by atoms with E-state index in [0.717, 1.165) is 29.6 Å². The number of carbonyl (C=O) groups excluding carboxylic acids is 2. The molecule has 2 N–H and O–H groups in total. The van der Waals surface area contributed by atoms with E-state index in [1.54, 1.807) is 4.90 Å². The Bertz CT molecular complexity index is 1660. The third-order valence-corrected chi connectivity index (χ3v) is 9.48. The first-order valence-electron chi connectivity index (χ1n) is 14.8. The topological polar surface area (TPSA) is 72.2 Å². The Morgan fingerprint density at radius 1 is 0.829 bits per heavy atom. The molecule has 2 aliphatic heterocycles. The van der Waals surface area contributed by atoms with Crippen molar-refractivity contribution in [1.29, 1.82) is 0 Å². The Morgan fingerprint density at radius 3 is 1.95 bits per heavy atom. The quantitative estimate of drug-likeness (QED) is 0.257. The van der Waals surface area contributed by atoms with Crippen molar-refractivity contribution < 1.29 is 9.59 Å². The van der Waals surface area contributed by atoms with Crippen LogP contribution in [0.2, 0.25) is 0 Å². The lowest BCUT2D eigenvalue weighted by molar-refractivity contribution is -0.137. The summed E-state index contributed by atoms with van der Waals surface area (Å²) in [7, 11) is 0. The second-order valence-electron chi connectivity index (χ2n) is 12.1. The fourth-order valence-electron chi connectivity index (χ4n) is 7.15. The van der Waals surface area contributed by atoms with Crippen LogP contribution < -0.4 is 4.90 Å². The Morgan fingerprint density at radius 2 is 1.39 bits per heavy atom. The van der Waals surface area contributed by atoms with E-state index in [1.165, 1.54) is 27.5 Å². The number of rotatable bonds is 5. The number of amides is 2. The molecular formula is C35H36N4O2. The van der Waals surface area contributed by atoms with Gasteiger partial charge >= 0.3 is 0 Å². The Balaban J connectivity index is 1.15. The van der Waals surface area contributed by atoms with Crippen LogP contribution in [-0.4, -0.2) is 46.3 Å². The maximum Gasteiger partial charge on any atom is 0.228 e. The normalized spacial score (nSPS) is 19.1. The molecule has 2 amide bonds. The van der Waals surface area contributed by atoms with Crippen LogP contribution in [0.15, 0.2) is 85.2 Å². The van der Waals surface area contributed by atoms with Gasteiger partial charge in [0.2, 0.25) is 11.8 Å². The van der Waals surface area contributed by atoms with E-state index in [0.29, 0.717) is 25.6 Å². The van der Waals surface area contributed by atoms with E-state index in [2.05, 4.69) is 96.9 Å². The van der Waals surface area contributed by atoms with Gasteiger partial charge in [-0.25, -0.2) is 0 Å². The number of hydrogen-bond acceptors (Lipinski definition) is 2. The summed E-state index contributed by atoms with van der Waals surface area (Å²) in [5.41, 5.74) is 6.73. The summed E-state index contributed by atoms with van der Waals surface area (Å²) in [6, 6.07) is 25.2. The molecule has 208 valence electrons. The predicted molar refractivity (Wildman–Crippen MR) is 164 cm³/mol. The monoisotopic (exact) mass is 544 g/mol. The number of nitrogens with one attached hydrogen (secondary N) is 2. The highest BCUT2D eigenvalue weighted by molar-refractivity contribution is 6.00. The van der Waals surface area contributed by atoms with Gasteiger partial charge in [0.15, 0.2) is 0 Å². The lowest BCUT2D eigenvalue weighted by Gasteiger charge is -2.43. The van der Waals surface area contributed by atoms with E-state index in [1.807, 2.05) is 17.0 Å². The summed E-state index contributed by atoms with van der Waals surface area (Å²) >= 11 is 0. The highest BCUT2D eigenvalue weighted by Gasteiger charge is 2.44. The average Bonchev–Trinajstić information content (AvgIpc) is 3.74. The zero-order chi connectivity index (χ0) is 28.1. The molecule has 1 atom stereocenters. The maximum atomic E-state index is 13.8. The van der Waals surface area contributed by atoms with Gasteiger partial charge in [0, 0.05) is 71.4 Å². The van der Waals surface area contributed by atoms with Crippen molar-refractivity contribution in [3.05, 3.63) is 102 Å². The first-order chi connectivity index (χ1) is 19.9. The number of likely N-dealkylation sites (tertiary alicyclic amines) is 1. The number of anilines is 1. The van der Waals surface area contributed by atoms with Crippen LogP contribution >= 0.6 is 0 Å². The largest absolute Gasteiger partial charge is 0.361 e. The van der Waals surface area contributed by atoms with E-state index in [-0.39, 0.29) is 29.6 Å². The Kier molecular flexibility index (Phi) is 6.22. The van der Waals surface area contributed by atoms with E-state index in [9.17, 15) is 9.59 Å².